The van der Waals surface area contributed by atoms with E-state index in [2.05, 4.69) is 13.8 Å². The molecule has 0 spiro atoms. The first-order chi connectivity index (χ1) is 5.79. The minimum Gasteiger partial charge on any atom is -0.247 e. The Morgan fingerprint density at radius 1 is 1.25 bits per heavy atom. The second-order valence-electron chi connectivity index (χ2n) is 4.11. The Morgan fingerprint density at radius 2 is 1.92 bits per heavy atom. The lowest BCUT2D eigenvalue weighted by Crippen LogP contribution is -2.04. The first-order valence-electron chi connectivity index (χ1n) is 5.43. The van der Waals surface area contributed by atoms with E-state index in [1.54, 1.807) is 0 Å². The highest BCUT2D eigenvalue weighted by atomic mass is 19.1. The molecule has 1 saturated carbocycles. The number of hydrogen-bond acceptors (Lipinski definition) is 0. The van der Waals surface area contributed by atoms with Gasteiger partial charge in [-0.2, -0.15) is 0 Å². The van der Waals surface area contributed by atoms with Crippen LogP contribution in [0.3, 0.4) is 0 Å². The Bertz CT molecular complexity index is 122. The van der Waals surface area contributed by atoms with Gasteiger partial charge in [0.05, 0.1) is 0 Å². The fourth-order valence-corrected chi connectivity index (χ4v) is 2.08. The van der Waals surface area contributed by atoms with Crippen molar-refractivity contribution in [1.29, 1.82) is 0 Å². The van der Waals surface area contributed by atoms with Crippen molar-refractivity contribution in [3.8, 4) is 0 Å². The van der Waals surface area contributed by atoms with Gasteiger partial charge in [0.25, 0.3) is 0 Å². The van der Waals surface area contributed by atoms with Gasteiger partial charge < -0.3 is 0 Å². The van der Waals surface area contributed by atoms with Gasteiger partial charge in [0, 0.05) is 0 Å². The maximum absolute atomic E-state index is 12.8. The molecule has 12 heavy (non-hydrogen) atoms. The third kappa shape index (κ3) is 2.76. The average Bonchev–Trinajstić information content (AvgIpc) is 2.76. The molecular weight excluding hydrogens is 151 g/mol. The molecular formula is C11H21F. The Hall–Kier alpha value is -0.0700. The smallest absolute Gasteiger partial charge is 0.104 e. The van der Waals surface area contributed by atoms with Crippen LogP contribution in [0.25, 0.3) is 0 Å². The molecule has 0 saturated heterocycles. The standard InChI is InChI=1S/C11H21F/c1-3-5-7-9(6-4-2)10-8-11(10)12/h9-11H,3-8H2,1-2H3/t9?,10-,11-/m1/s1. The minimum absolute atomic E-state index is 0.441. The van der Waals surface area contributed by atoms with Crippen molar-refractivity contribution < 1.29 is 4.39 Å². The van der Waals surface area contributed by atoms with E-state index in [0.717, 1.165) is 6.42 Å². The largest absolute Gasteiger partial charge is 0.247 e. The molecule has 0 heterocycles. The van der Waals surface area contributed by atoms with Gasteiger partial charge in [-0.3, -0.25) is 0 Å². The number of rotatable bonds is 6. The first-order valence-corrected chi connectivity index (χ1v) is 5.43. The average molecular weight is 172 g/mol. The van der Waals surface area contributed by atoms with E-state index in [9.17, 15) is 4.39 Å². The Balaban J connectivity index is 2.19. The van der Waals surface area contributed by atoms with E-state index in [-0.39, 0.29) is 0 Å². The molecule has 3 atom stereocenters. The maximum Gasteiger partial charge on any atom is 0.104 e. The molecule has 0 aromatic heterocycles. The van der Waals surface area contributed by atoms with Crippen LogP contribution in [0.15, 0.2) is 0 Å². The monoisotopic (exact) mass is 172 g/mol. The summed E-state index contributed by atoms with van der Waals surface area (Å²) in [6, 6.07) is 0. The predicted octanol–water partition coefficient (Wildman–Crippen LogP) is 3.95. The van der Waals surface area contributed by atoms with Crippen molar-refractivity contribution in [2.24, 2.45) is 11.8 Å². The summed E-state index contributed by atoms with van der Waals surface area (Å²) in [7, 11) is 0. The van der Waals surface area contributed by atoms with Crippen LogP contribution in [0.5, 0.6) is 0 Å². The zero-order valence-electron chi connectivity index (χ0n) is 8.35. The second-order valence-corrected chi connectivity index (χ2v) is 4.11. The summed E-state index contributed by atoms with van der Waals surface area (Å²) in [4.78, 5) is 0. The molecule has 1 aliphatic rings. The zero-order valence-corrected chi connectivity index (χ0v) is 8.35. The molecule has 0 aromatic rings. The molecule has 72 valence electrons. The first kappa shape index (κ1) is 10.0. The summed E-state index contributed by atoms with van der Waals surface area (Å²) >= 11 is 0. The Kier molecular flexibility index (Phi) is 4.03. The molecule has 0 aromatic carbocycles. The Morgan fingerprint density at radius 3 is 2.33 bits per heavy atom. The van der Waals surface area contributed by atoms with Crippen LogP contribution in [-0.4, -0.2) is 6.17 Å². The van der Waals surface area contributed by atoms with E-state index in [1.165, 1.54) is 32.1 Å². The fourth-order valence-electron chi connectivity index (χ4n) is 2.08. The van der Waals surface area contributed by atoms with Gasteiger partial charge in [0.2, 0.25) is 0 Å². The summed E-state index contributed by atoms with van der Waals surface area (Å²) in [5.41, 5.74) is 0. The lowest BCUT2D eigenvalue weighted by molar-refractivity contribution is 0.329. The molecule has 1 rings (SSSR count). The highest BCUT2D eigenvalue weighted by Gasteiger charge is 2.42. The van der Waals surface area contributed by atoms with Crippen molar-refractivity contribution in [3.05, 3.63) is 0 Å². The second kappa shape index (κ2) is 4.84. The summed E-state index contributed by atoms with van der Waals surface area (Å²) in [5.74, 6) is 1.14. The van der Waals surface area contributed by atoms with Gasteiger partial charge in [0.1, 0.15) is 6.17 Å². The van der Waals surface area contributed by atoms with Crippen molar-refractivity contribution in [3.63, 3.8) is 0 Å². The summed E-state index contributed by atoms with van der Waals surface area (Å²) in [6.07, 6.45) is 6.67. The SMILES string of the molecule is CCCCC(CCC)[C@H]1C[C@H]1F. The van der Waals surface area contributed by atoms with E-state index < -0.39 is 6.17 Å². The molecule has 0 N–H and O–H groups in total. The quantitative estimate of drug-likeness (QED) is 0.569. The van der Waals surface area contributed by atoms with Crippen LogP contribution >= 0.6 is 0 Å². The van der Waals surface area contributed by atoms with Crippen LogP contribution < -0.4 is 0 Å². The molecule has 0 radical (unpaired) electrons. The lowest BCUT2D eigenvalue weighted by atomic mass is 9.92. The Labute approximate surface area is 75.5 Å². The molecule has 1 heteroatoms. The number of halogens is 1. The topological polar surface area (TPSA) is 0 Å². The molecule has 1 aliphatic carbocycles. The van der Waals surface area contributed by atoms with E-state index >= 15 is 0 Å². The lowest BCUT2D eigenvalue weighted by Gasteiger charge is -2.13. The van der Waals surface area contributed by atoms with Crippen molar-refractivity contribution in [1.82, 2.24) is 0 Å². The number of alkyl halides is 1. The van der Waals surface area contributed by atoms with Gasteiger partial charge >= 0.3 is 0 Å². The number of unbranched alkanes of at least 4 members (excludes halogenated alkanes) is 1. The predicted molar refractivity (Wildman–Crippen MR) is 50.9 cm³/mol. The van der Waals surface area contributed by atoms with Gasteiger partial charge in [-0.25, -0.2) is 4.39 Å². The van der Waals surface area contributed by atoms with E-state index in [1.807, 2.05) is 0 Å². The van der Waals surface area contributed by atoms with Gasteiger partial charge in [0.15, 0.2) is 0 Å². The highest BCUT2D eigenvalue weighted by molar-refractivity contribution is 4.91. The molecule has 0 amide bonds. The minimum atomic E-state index is -0.446. The molecule has 0 nitrogen and oxygen atoms in total. The van der Waals surface area contributed by atoms with Crippen molar-refractivity contribution in [2.45, 2.75) is 58.5 Å². The van der Waals surface area contributed by atoms with E-state index in [0.29, 0.717) is 11.8 Å². The maximum atomic E-state index is 12.8. The third-order valence-corrected chi connectivity index (χ3v) is 2.95. The van der Waals surface area contributed by atoms with Crippen molar-refractivity contribution in [2.75, 3.05) is 0 Å². The molecule has 0 aliphatic heterocycles. The molecule has 1 unspecified atom stereocenters. The van der Waals surface area contributed by atoms with Gasteiger partial charge in [-0.05, 0) is 18.3 Å². The van der Waals surface area contributed by atoms with E-state index in [4.69, 9.17) is 0 Å². The zero-order chi connectivity index (χ0) is 8.97. The van der Waals surface area contributed by atoms with Crippen LogP contribution in [0.2, 0.25) is 0 Å². The summed E-state index contributed by atoms with van der Waals surface area (Å²) in [5, 5.41) is 0. The van der Waals surface area contributed by atoms with Crippen LogP contribution in [0.1, 0.15) is 52.4 Å². The normalized spacial score (nSPS) is 30.2. The fraction of sp³-hybridized carbons (Fsp3) is 1.00. The summed E-state index contributed by atoms with van der Waals surface area (Å²) < 4.78 is 12.8. The number of hydrogen-bond donors (Lipinski definition) is 0. The van der Waals surface area contributed by atoms with Crippen molar-refractivity contribution >= 4 is 0 Å². The van der Waals surface area contributed by atoms with Crippen LogP contribution in [-0.2, 0) is 0 Å². The third-order valence-electron chi connectivity index (χ3n) is 2.95. The van der Waals surface area contributed by atoms with Gasteiger partial charge in [-0.1, -0.05) is 46.0 Å². The van der Waals surface area contributed by atoms with Crippen LogP contribution in [0.4, 0.5) is 4.39 Å². The van der Waals surface area contributed by atoms with Gasteiger partial charge in [-0.15, -0.1) is 0 Å². The summed E-state index contributed by atoms with van der Waals surface area (Å²) in [6.45, 7) is 4.41. The molecule has 0 bridgehead atoms. The van der Waals surface area contributed by atoms with Crippen LogP contribution in [0, 0.1) is 11.8 Å². The highest BCUT2D eigenvalue weighted by Crippen LogP contribution is 2.44. The molecule has 1 fully saturated rings.